The van der Waals surface area contributed by atoms with E-state index in [1.54, 1.807) is 18.2 Å². The zero-order chi connectivity index (χ0) is 19.4. The minimum atomic E-state index is -4.78. The van der Waals surface area contributed by atoms with Crippen LogP contribution in [0.15, 0.2) is 34.9 Å². The highest BCUT2D eigenvalue weighted by Crippen LogP contribution is 2.39. The molecule has 0 saturated carbocycles. The Labute approximate surface area is 149 Å². The van der Waals surface area contributed by atoms with Crippen molar-refractivity contribution in [2.75, 3.05) is 13.2 Å². The number of benzene rings is 1. The molecule has 1 aromatic heterocycles. The lowest BCUT2D eigenvalue weighted by Gasteiger charge is -2.21. The van der Waals surface area contributed by atoms with Crippen molar-refractivity contribution in [2.45, 2.75) is 32.9 Å². The van der Waals surface area contributed by atoms with Crippen LogP contribution in [0.25, 0.3) is 11.3 Å². The van der Waals surface area contributed by atoms with Crippen LogP contribution in [0.2, 0.25) is 0 Å². The number of aliphatic hydroxyl groups excluding tert-OH is 1. The number of hydrogen-bond donors (Lipinski definition) is 2. The van der Waals surface area contributed by atoms with E-state index in [9.17, 15) is 23.1 Å². The normalized spacial score (nSPS) is 12.2. The number of carbonyl (C=O) groups is 1. The number of amides is 1. The Hall–Kier alpha value is -2.35. The van der Waals surface area contributed by atoms with E-state index in [1.807, 2.05) is 13.8 Å². The third-order valence-electron chi connectivity index (χ3n) is 3.97. The Morgan fingerprint density at radius 3 is 2.46 bits per heavy atom. The topological polar surface area (TPSA) is 75.4 Å². The van der Waals surface area contributed by atoms with Crippen molar-refractivity contribution in [3.8, 4) is 11.3 Å². The summed E-state index contributed by atoms with van der Waals surface area (Å²) in [6.07, 6.45) is -3.65. The second-order valence-corrected chi connectivity index (χ2v) is 6.78. The van der Waals surface area contributed by atoms with Gasteiger partial charge in [-0.1, -0.05) is 49.3 Å². The molecule has 0 bridgehead atoms. The number of aliphatic hydroxyl groups is 1. The predicted molar refractivity (Wildman–Crippen MR) is 89.4 cm³/mol. The minimum absolute atomic E-state index is 0.0110. The number of nitrogens with zero attached hydrogens (tertiary/aromatic N) is 1. The first-order valence-electron chi connectivity index (χ1n) is 8.17. The second-order valence-electron chi connectivity index (χ2n) is 6.78. The lowest BCUT2D eigenvalue weighted by Crippen LogP contribution is -2.28. The van der Waals surface area contributed by atoms with Crippen LogP contribution in [0, 0.1) is 5.41 Å². The summed E-state index contributed by atoms with van der Waals surface area (Å²) < 4.78 is 45.3. The molecule has 8 heteroatoms. The number of aromatic nitrogens is 1. The van der Waals surface area contributed by atoms with Crippen molar-refractivity contribution < 1.29 is 27.6 Å². The van der Waals surface area contributed by atoms with E-state index in [0.717, 1.165) is 0 Å². The van der Waals surface area contributed by atoms with Gasteiger partial charge in [-0.3, -0.25) is 4.79 Å². The molecule has 0 aliphatic carbocycles. The second kappa shape index (κ2) is 7.90. The van der Waals surface area contributed by atoms with E-state index in [0.29, 0.717) is 12.8 Å². The van der Waals surface area contributed by atoms with Crippen molar-refractivity contribution in [1.29, 1.82) is 0 Å². The van der Waals surface area contributed by atoms with Gasteiger partial charge in [-0.25, -0.2) is 0 Å². The van der Waals surface area contributed by atoms with Crippen LogP contribution in [-0.2, 0) is 6.18 Å². The largest absolute Gasteiger partial charge is 0.422 e. The molecule has 0 saturated heterocycles. The van der Waals surface area contributed by atoms with Gasteiger partial charge in [-0.05, 0) is 18.3 Å². The summed E-state index contributed by atoms with van der Waals surface area (Å²) in [5, 5.41) is 15.0. The van der Waals surface area contributed by atoms with Crippen molar-refractivity contribution >= 4 is 5.91 Å². The average Bonchev–Trinajstić information content (AvgIpc) is 3.05. The number of rotatable bonds is 7. The van der Waals surface area contributed by atoms with Gasteiger partial charge in [0.05, 0.1) is 0 Å². The summed E-state index contributed by atoms with van der Waals surface area (Å²) in [5.41, 5.74) is -2.08. The number of halogens is 3. The SMILES string of the molecule is CC(C)(CO)CCCNC(=O)c1noc(-c2ccccc2)c1C(F)(F)F. The first-order chi connectivity index (χ1) is 12.2. The minimum Gasteiger partial charge on any atom is -0.396 e. The fourth-order valence-electron chi connectivity index (χ4n) is 2.43. The number of nitrogens with one attached hydrogen (secondary N) is 1. The molecule has 0 fully saturated rings. The summed E-state index contributed by atoms with van der Waals surface area (Å²) in [6, 6.07) is 7.71. The standard InChI is InChI=1S/C18H21F3N2O3/c1-17(2,11-24)9-6-10-22-16(25)14-13(18(19,20)21)15(26-23-14)12-7-4-3-5-8-12/h3-5,7-8,24H,6,9-11H2,1-2H3,(H,22,25). The summed E-state index contributed by atoms with van der Waals surface area (Å²) >= 11 is 0. The maximum absolute atomic E-state index is 13.5. The highest BCUT2D eigenvalue weighted by Gasteiger charge is 2.42. The Bertz CT molecular complexity index is 740. The molecule has 2 rings (SSSR count). The molecule has 0 atom stereocenters. The van der Waals surface area contributed by atoms with Gasteiger partial charge in [0.15, 0.2) is 11.5 Å². The molecule has 0 aliphatic rings. The highest BCUT2D eigenvalue weighted by atomic mass is 19.4. The first kappa shape index (κ1) is 20.0. The zero-order valence-electron chi connectivity index (χ0n) is 14.6. The fraction of sp³-hybridized carbons (Fsp3) is 0.444. The van der Waals surface area contributed by atoms with Gasteiger partial charge in [0, 0.05) is 18.7 Å². The number of alkyl halides is 3. The molecule has 5 nitrogen and oxygen atoms in total. The lowest BCUT2D eigenvalue weighted by atomic mass is 9.89. The van der Waals surface area contributed by atoms with Gasteiger partial charge >= 0.3 is 6.18 Å². The number of hydrogen-bond acceptors (Lipinski definition) is 4. The average molecular weight is 370 g/mol. The Morgan fingerprint density at radius 1 is 1.23 bits per heavy atom. The third kappa shape index (κ3) is 4.85. The quantitative estimate of drug-likeness (QED) is 0.725. The smallest absolute Gasteiger partial charge is 0.396 e. The Morgan fingerprint density at radius 2 is 1.88 bits per heavy atom. The molecule has 0 radical (unpaired) electrons. The Kier molecular flexibility index (Phi) is 6.07. The van der Waals surface area contributed by atoms with Gasteiger partial charge < -0.3 is 14.9 Å². The monoisotopic (exact) mass is 370 g/mol. The van der Waals surface area contributed by atoms with Gasteiger partial charge in [0.25, 0.3) is 5.91 Å². The molecular weight excluding hydrogens is 349 g/mol. The van der Waals surface area contributed by atoms with Gasteiger partial charge in [0.2, 0.25) is 0 Å². The van der Waals surface area contributed by atoms with Crippen LogP contribution in [0.4, 0.5) is 13.2 Å². The first-order valence-corrected chi connectivity index (χ1v) is 8.17. The van der Waals surface area contributed by atoms with Crippen LogP contribution in [0.1, 0.15) is 42.7 Å². The van der Waals surface area contributed by atoms with E-state index in [-0.39, 0.29) is 24.1 Å². The van der Waals surface area contributed by atoms with Crippen LogP contribution < -0.4 is 5.32 Å². The van der Waals surface area contributed by atoms with Gasteiger partial charge in [-0.15, -0.1) is 0 Å². The molecule has 1 amide bonds. The molecule has 142 valence electrons. The van der Waals surface area contributed by atoms with Crippen LogP contribution in [0.5, 0.6) is 0 Å². The summed E-state index contributed by atoms with van der Waals surface area (Å²) in [6.45, 7) is 3.89. The molecular formula is C18H21F3N2O3. The molecule has 0 spiro atoms. The van der Waals surface area contributed by atoms with Crippen molar-refractivity contribution in [3.05, 3.63) is 41.6 Å². The number of carbonyl (C=O) groups excluding carboxylic acids is 1. The molecule has 1 heterocycles. The summed E-state index contributed by atoms with van der Waals surface area (Å²) in [4.78, 5) is 12.2. The van der Waals surface area contributed by atoms with Crippen molar-refractivity contribution in [2.24, 2.45) is 5.41 Å². The molecule has 0 aliphatic heterocycles. The fourth-order valence-corrected chi connectivity index (χ4v) is 2.43. The van der Waals surface area contributed by atoms with Crippen molar-refractivity contribution in [1.82, 2.24) is 10.5 Å². The zero-order valence-corrected chi connectivity index (χ0v) is 14.6. The third-order valence-corrected chi connectivity index (χ3v) is 3.97. The van der Waals surface area contributed by atoms with E-state index < -0.39 is 29.1 Å². The maximum Gasteiger partial charge on any atom is 0.422 e. The Balaban J connectivity index is 2.16. The van der Waals surface area contributed by atoms with E-state index >= 15 is 0 Å². The van der Waals surface area contributed by atoms with Crippen LogP contribution in [-0.4, -0.2) is 29.3 Å². The lowest BCUT2D eigenvalue weighted by molar-refractivity contribution is -0.137. The predicted octanol–water partition coefficient (Wildman–Crippen LogP) is 3.89. The van der Waals surface area contributed by atoms with Gasteiger partial charge in [0.1, 0.15) is 5.56 Å². The highest BCUT2D eigenvalue weighted by molar-refractivity contribution is 5.95. The van der Waals surface area contributed by atoms with Crippen LogP contribution in [0.3, 0.4) is 0 Å². The molecule has 26 heavy (non-hydrogen) atoms. The molecule has 2 N–H and O–H groups in total. The maximum atomic E-state index is 13.5. The van der Waals surface area contributed by atoms with Crippen LogP contribution >= 0.6 is 0 Å². The molecule has 2 aromatic rings. The molecule has 1 aromatic carbocycles. The molecule has 0 unspecified atom stereocenters. The van der Waals surface area contributed by atoms with E-state index in [4.69, 9.17) is 4.52 Å². The summed E-state index contributed by atoms with van der Waals surface area (Å²) in [5.74, 6) is -1.42. The van der Waals surface area contributed by atoms with Crippen molar-refractivity contribution in [3.63, 3.8) is 0 Å². The van der Waals surface area contributed by atoms with E-state index in [2.05, 4.69) is 10.5 Å². The van der Waals surface area contributed by atoms with E-state index in [1.165, 1.54) is 12.1 Å². The summed E-state index contributed by atoms with van der Waals surface area (Å²) in [7, 11) is 0. The van der Waals surface area contributed by atoms with Gasteiger partial charge in [-0.2, -0.15) is 13.2 Å².